The van der Waals surface area contributed by atoms with Gasteiger partial charge in [0.1, 0.15) is 0 Å². The van der Waals surface area contributed by atoms with Crippen LogP contribution in [-0.4, -0.2) is 6.54 Å². The molecule has 0 aromatic heterocycles. The Morgan fingerprint density at radius 1 is 1.21 bits per heavy atom. The molecular weight excluding hydrogens is 298 g/mol. The highest BCUT2D eigenvalue weighted by molar-refractivity contribution is 9.10. The van der Waals surface area contributed by atoms with Gasteiger partial charge in [0.2, 0.25) is 0 Å². The molecule has 0 bridgehead atoms. The van der Waals surface area contributed by atoms with Crippen molar-refractivity contribution in [1.29, 1.82) is 0 Å². The van der Waals surface area contributed by atoms with Gasteiger partial charge in [0, 0.05) is 10.5 Å². The number of hydrogen-bond acceptors (Lipinski definition) is 1. The standard InChI is InChI=1S/C17H28BrN/c1-5-8-13(3)12-17(19-11-6-2)15-9-7-10-16(18)14(15)4/h7,9-10,13,17,19H,5-6,8,11-12H2,1-4H3. The van der Waals surface area contributed by atoms with Gasteiger partial charge in [-0.1, -0.05) is 61.7 Å². The van der Waals surface area contributed by atoms with Gasteiger partial charge in [0.25, 0.3) is 0 Å². The van der Waals surface area contributed by atoms with E-state index in [4.69, 9.17) is 0 Å². The van der Waals surface area contributed by atoms with Gasteiger partial charge in [-0.25, -0.2) is 0 Å². The molecule has 0 aliphatic carbocycles. The summed E-state index contributed by atoms with van der Waals surface area (Å²) in [5.74, 6) is 0.776. The summed E-state index contributed by atoms with van der Waals surface area (Å²) in [5.41, 5.74) is 2.82. The quantitative estimate of drug-likeness (QED) is 0.653. The predicted molar refractivity (Wildman–Crippen MR) is 88.6 cm³/mol. The largest absolute Gasteiger partial charge is 0.310 e. The smallest absolute Gasteiger partial charge is 0.0325 e. The second kappa shape index (κ2) is 8.76. The minimum absolute atomic E-state index is 0.485. The van der Waals surface area contributed by atoms with Crippen molar-refractivity contribution < 1.29 is 0 Å². The molecule has 0 aliphatic rings. The maximum absolute atomic E-state index is 3.72. The lowest BCUT2D eigenvalue weighted by atomic mass is 9.91. The van der Waals surface area contributed by atoms with Crippen molar-refractivity contribution in [2.45, 2.75) is 59.4 Å². The molecule has 1 N–H and O–H groups in total. The van der Waals surface area contributed by atoms with Gasteiger partial charge in [0.05, 0.1) is 0 Å². The van der Waals surface area contributed by atoms with Crippen LogP contribution in [0.25, 0.3) is 0 Å². The van der Waals surface area contributed by atoms with Crippen molar-refractivity contribution >= 4 is 15.9 Å². The van der Waals surface area contributed by atoms with E-state index in [0.717, 1.165) is 12.5 Å². The van der Waals surface area contributed by atoms with Crippen molar-refractivity contribution in [3.63, 3.8) is 0 Å². The van der Waals surface area contributed by atoms with Gasteiger partial charge in [-0.15, -0.1) is 0 Å². The molecule has 1 nitrogen and oxygen atoms in total. The highest BCUT2D eigenvalue weighted by Crippen LogP contribution is 2.29. The van der Waals surface area contributed by atoms with Gasteiger partial charge in [-0.3, -0.25) is 0 Å². The molecule has 1 rings (SSSR count). The molecule has 0 saturated heterocycles. The van der Waals surface area contributed by atoms with Crippen molar-refractivity contribution in [2.75, 3.05) is 6.54 Å². The average Bonchev–Trinajstić information content (AvgIpc) is 2.38. The van der Waals surface area contributed by atoms with E-state index in [0.29, 0.717) is 6.04 Å². The third kappa shape index (κ3) is 5.27. The van der Waals surface area contributed by atoms with Gasteiger partial charge >= 0.3 is 0 Å². The first-order valence-electron chi connectivity index (χ1n) is 7.58. The first-order valence-corrected chi connectivity index (χ1v) is 8.37. The monoisotopic (exact) mass is 325 g/mol. The van der Waals surface area contributed by atoms with Crippen LogP contribution in [0.2, 0.25) is 0 Å². The molecule has 0 fully saturated rings. The number of nitrogens with one attached hydrogen (secondary N) is 1. The van der Waals surface area contributed by atoms with Crippen LogP contribution in [0.5, 0.6) is 0 Å². The second-order valence-corrected chi connectivity index (χ2v) is 6.44. The molecule has 0 spiro atoms. The van der Waals surface area contributed by atoms with Gasteiger partial charge < -0.3 is 5.32 Å². The summed E-state index contributed by atoms with van der Waals surface area (Å²) in [7, 11) is 0. The zero-order valence-electron chi connectivity index (χ0n) is 12.8. The van der Waals surface area contributed by atoms with Crippen molar-refractivity contribution in [3.8, 4) is 0 Å². The molecule has 0 aliphatic heterocycles. The minimum Gasteiger partial charge on any atom is -0.310 e. The van der Waals surface area contributed by atoms with Crippen LogP contribution in [-0.2, 0) is 0 Å². The third-order valence-electron chi connectivity index (χ3n) is 3.75. The Labute approximate surface area is 127 Å². The molecule has 0 saturated carbocycles. The second-order valence-electron chi connectivity index (χ2n) is 5.59. The lowest BCUT2D eigenvalue weighted by Crippen LogP contribution is -2.24. The fraction of sp³-hybridized carbons (Fsp3) is 0.647. The zero-order valence-corrected chi connectivity index (χ0v) is 14.4. The lowest BCUT2D eigenvalue weighted by Gasteiger charge is -2.24. The summed E-state index contributed by atoms with van der Waals surface area (Å²) in [4.78, 5) is 0. The van der Waals surface area contributed by atoms with Crippen LogP contribution in [0.1, 0.15) is 63.6 Å². The van der Waals surface area contributed by atoms with Crippen LogP contribution >= 0.6 is 15.9 Å². The molecule has 19 heavy (non-hydrogen) atoms. The Morgan fingerprint density at radius 3 is 2.58 bits per heavy atom. The Hall–Kier alpha value is -0.340. The van der Waals surface area contributed by atoms with E-state index >= 15 is 0 Å². The van der Waals surface area contributed by atoms with Crippen LogP contribution in [0.3, 0.4) is 0 Å². The predicted octanol–water partition coefficient (Wildman–Crippen LogP) is 5.62. The SMILES string of the molecule is CCCNC(CC(C)CCC)c1cccc(Br)c1C. The van der Waals surface area contributed by atoms with Gasteiger partial charge in [-0.05, 0) is 49.4 Å². The van der Waals surface area contributed by atoms with Crippen molar-refractivity contribution in [2.24, 2.45) is 5.92 Å². The number of benzene rings is 1. The summed E-state index contributed by atoms with van der Waals surface area (Å²) in [6, 6.07) is 7.04. The van der Waals surface area contributed by atoms with Crippen LogP contribution in [0.15, 0.2) is 22.7 Å². The Bertz CT molecular complexity index is 376. The van der Waals surface area contributed by atoms with E-state index in [1.165, 1.54) is 41.3 Å². The van der Waals surface area contributed by atoms with Crippen LogP contribution < -0.4 is 5.32 Å². The van der Waals surface area contributed by atoms with Crippen LogP contribution in [0, 0.1) is 12.8 Å². The molecule has 0 amide bonds. The van der Waals surface area contributed by atoms with E-state index in [1.807, 2.05) is 0 Å². The summed E-state index contributed by atoms with van der Waals surface area (Å²) >= 11 is 3.65. The molecular formula is C17H28BrN. The Balaban J connectivity index is 2.85. The molecule has 2 unspecified atom stereocenters. The summed E-state index contributed by atoms with van der Waals surface area (Å²) in [5, 5.41) is 3.72. The lowest BCUT2D eigenvalue weighted by molar-refractivity contribution is 0.389. The highest BCUT2D eigenvalue weighted by atomic mass is 79.9. The van der Waals surface area contributed by atoms with E-state index in [2.05, 4.69) is 67.1 Å². The molecule has 108 valence electrons. The Morgan fingerprint density at radius 2 is 1.95 bits per heavy atom. The fourth-order valence-electron chi connectivity index (χ4n) is 2.65. The van der Waals surface area contributed by atoms with Gasteiger partial charge in [0.15, 0.2) is 0 Å². The Kier molecular flexibility index (Phi) is 7.70. The van der Waals surface area contributed by atoms with E-state index in [9.17, 15) is 0 Å². The first-order chi connectivity index (χ1) is 9.10. The fourth-order valence-corrected chi connectivity index (χ4v) is 3.04. The molecule has 2 heteroatoms. The van der Waals surface area contributed by atoms with E-state index in [1.54, 1.807) is 0 Å². The van der Waals surface area contributed by atoms with E-state index < -0.39 is 0 Å². The number of hydrogen-bond donors (Lipinski definition) is 1. The third-order valence-corrected chi connectivity index (χ3v) is 4.60. The topological polar surface area (TPSA) is 12.0 Å². The molecule has 0 radical (unpaired) electrons. The summed E-state index contributed by atoms with van der Waals surface area (Å²) in [6.07, 6.45) is 5.01. The maximum Gasteiger partial charge on any atom is 0.0325 e. The molecule has 0 heterocycles. The van der Waals surface area contributed by atoms with Crippen molar-refractivity contribution in [3.05, 3.63) is 33.8 Å². The summed E-state index contributed by atoms with van der Waals surface area (Å²) < 4.78 is 1.22. The van der Waals surface area contributed by atoms with Crippen molar-refractivity contribution in [1.82, 2.24) is 5.32 Å². The maximum atomic E-state index is 3.72. The highest BCUT2D eigenvalue weighted by Gasteiger charge is 2.17. The van der Waals surface area contributed by atoms with E-state index in [-0.39, 0.29) is 0 Å². The van der Waals surface area contributed by atoms with Gasteiger partial charge in [-0.2, -0.15) is 0 Å². The molecule has 2 atom stereocenters. The minimum atomic E-state index is 0.485. The van der Waals surface area contributed by atoms with Crippen LogP contribution in [0.4, 0.5) is 0 Å². The molecule has 1 aromatic carbocycles. The molecule has 1 aromatic rings. The number of rotatable bonds is 8. The number of halogens is 1. The zero-order chi connectivity index (χ0) is 14.3. The first kappa shape index (κ1) is 16.7. The average molecular weight is 326 g/mol. The normalized spacial score (nSPS) is 14.4. The summed E-state index contributed by atoms with van der Waals surface area (Å²) in [6.45, 7) is 10.2.